The van der Waals surface area contributed by atoms with E-state index in [9.17, 15) is 13.5 Å². The van der Waals surface area contributed by atoms with Gasteiger partial charge in [0, 0.05) is 13.6 Å². The summed E-state index contributed by atoms with van der Waals surface area (Å²) in [6.45, 7) is 3.12. The number of aliphatic hydroxyl groups is 1. The van der Waals surface area contributed by atoms with Crippen molar-refractivity contribution in [3.05, 3.63) is 24.3 Å². The Morgan fingerprint density at radius 2 is 1.89 bits per heavy atom. The number of likely N-dealkylation sites (N-methyl/N-ethyl adjacent to an activating group) is 1. The molecule has 0 amide bonds. The molecule has 0 aliphatic rings. The summed E-state index contributed by atoms with van der Waals surface area (Å²) < 4.78 is 30.8. The molecule has 0 unspecified atom stereocenters. The maximum Gasteiger partial charge on any atom is 0.246 e. The molecule has 5 nitrogen and oxygen atoms in total. The van der Waals surface area contributed by atoms with E-state index < -0.39 is 15.6 Å². The number of rotatable bonds is 5. The number of sulfonamides is 1. The van der Waals surface area contributed by atoms with Crippen molar-refractivity contribution in [2.24, 2.45) is 0 Å². The van der Waals surface area contributed by atoms with Gasteiger partial charge in [-0.2, -0.15) is 4.31 Å². The Morgan fingerprint density at radius 1 is 1.33 bits per heavy atom. The summed E-state index contributed by atoms with van der Waals surface area (Å²) in [6, 6.07) is 6.40. The third-order valence-electron chi connectivity index (χ3n) is 2.37. The Hall–Kier alpha value is -1.11. The zero-order valence-electron chi connectivity index (χ0n) is 11.0. The minimum atomic E-state index is -3.67. The van der Waals surface area contributed by atoms with Gasteiger partial charge in [0.15, 0.2) is 0 Å². The van der Waals surface area contributed by atoms with Crippen molar-refractivity contribution in [1.82, 2.24) is 4.31 Å². The van der Waals surface area contributed by atoms with Gasteiger partial charge >= 0.3 is 0 Å². The fourth-order valence-corrected chi connectivity index (χ4v) is 3.11. The van der Waals surface area contributed by atoms with Crippen molar-refractivity contribution in [3.8, 4) is 5.75 Å². The van der Waals surface area contributed by atoms with Crippen LogP contribution in [0.4, 0.5) is 0 Å². The monoisotopic (exact) mass is 273 g/mol. The average Bonchev–Trinajstić information content (AvgIpc) is 2.26. The lowest BCUT2D eigenvalue weighted by atomic mass is 10.1. The minimum absolute atomic E-state index is 0.00732. The van der Waals surface area contributed by atoms with E-state index in [1.807, 2.05) is 0 Å². The summed E-state index contributed by atoms with van der Waals surface area (Å²) in [7, 11) is -0.815. The second kappa shape index (κ2) is 5.26. The third kappa shape index (κ3) is 3.44. The van der Waals surface area contributed by atoms with E-state index in [4.69, 9.17) is 4.74 Å². The van der Waals surface area contributed by atoms with Crippen molar-refractivity contribution in [2.75, 3.05) is 20.7 Å². The molecular weight excluding hydrogens is 254 g/mol. The van der Waals surface area contributed by atoms with Crippen LogP contribution in [0.2, 0.25) is 0 Å². The van der Waals surface area contributed by atoms with Crippen LogP contribution in [0.3, 0.4) is 0 Å². The van der Waals surface area contributed by atoms with Gasteiger partial charge in [-0.15, -0.1) is 0 Å². The number of benzene rings is 1. The third-order valence-corrected chi connectivity index (χ3v) is 4.21. The van der Waals surface area contributed by atoms with Crippen LogP contribution in [0.15, 0.2) is 29.2 Å². The van der Waals surface area contributed by atoms with Gasteiger partial charge in [-0.3, -0.25) is 0 Å². The number of para-hydroxylation sites is 1. The number of nitrogens with zero attached hydrogens (tertiary/aromatic N) is 1. The summed E-state index contributed by atoms with van der Waals surface area (Å²) in [4.78, 5) is 0.0965. The predicted molar refractivity (Wildman–Crippen MR) is 69.1 cm³/mol. The lowest BCUT2D eigenvalue weighted by molar-refractivity contribution is 0.0639. The van der Waals surface area contributed by atoms with Crippen LogP contribution < -0.4 is 4.74 Å². The Morgan fingerprint density at radius 3 is 2.39 bits per heavy atom. The molecule has 1 rings (SSSR count). The van der Waals surface area contributed by atoms with Crippen molar-refractivity contribution >= 4 is 10.0 Å². The lowest BCUT2D eigenvalue weighted by Gasteiger charge is -2.25. The summed E-state index contributed by atoms with van der Waals surface area (Å²) >= 11 is 0. The number of hydrogen-bond acceptors (Lipinski definition) is 4. The largest absolute Gasteiger partial charge is 0.495 e. The van der Waals surface area contributed by atoms with Crippen LogP contribution in [0.25, 0.3) is 0 Å². The number of ether oxygens (including phenoxy) is 1. The second-order valence-electron chi connectivity index (χ2n) is 4.72. The molecule has 0 bridgehead atoms. The van der Waals surface area contributed by atoms with E-state index in [1.165, 1.54) is 20.2 Å². The molecule has 18 heavy (non-hydrogen) atoms. The van der Waals surface area contributed by atoms with Crippen molar-refractivity contribution in [1.29, 1.82) is 0 Å². The van der Waals surface area contributed by atoms with Gasteiger partial charge in [-0.25, -0.2) is 8.42 Å². The van der Waals surface area contributed by atoms with E-state index >= 15 is 0 Å². The lowest BCUT2D eigenvalue weighted by Crippen LogP contribution is -2.39. The first-order valence-corrected chi connectivity index (χ1v) is 6.94. The minimum Gasteiger partial charge on any atom is -0.495 e. The SMILES string of the molecule is COc1ccccc1S(=O)(=O)N(C)CC(C)(C)O. The topological polar surface area (TPSA) is 66.8 Å². The quantitative estimate of drug-likeness (QED) is 0.872. The summed E-state index contributed by atoms with van der Waals surface area (Å²) in [5.41, 5.74) is -1.09. The van der Waals surface area contributed by atoms with E-state index in [0.717, 1.165) is 4.31 Å². The van der Waals surface area contributed by atoms with Crippen LogP contribution in [0.1, 0.15) is 13.8 Å². The molecule has 0 saturated carbocycles. The van der Waals surface area contributed by atoms with Gasteiger partial charge in [0.2, 0.25) is 10.0 Å². The van der Waals surface area contributed by atoms with Crippen molar-refractivity contribution in [2.45, 2.75) is 24.3 Å². The van der Waals surface area contributed by atoms with Gasteiger partial charge < -0.3 is 9.84 Å². The zero-order valence-corrected chi connectivity index (χ0v) is 11.9. The van der Waals surface area contributed by atoms with Crippen molar-refractivity contribution in [3.63, 3.8) is 0 Å². The highest BCUT2D eigenvalue weighted by Crippen LogP contribution is 2.26. The second-order valence-corrected chi connectivity index (χ2v) is 6.74. The molecule has 0 aliphatic carbocycles. The molecule has 6 heteroatoms. The van der Waals surface area contributed by atoms with Gasteiger partial charge in [0.1, 0.15) is 10.6 Å². The first kappa shape index (κ1) is 14.9. The molecule has 0 fully saturated rings. The summed E-state index contributed by atoms with van der Waals surface area (Å²) in [5, 5.41) is 9.69. The molecule has 1 aromatic carbocycles. The Kier molecular flexibility index (Phi) is 4.37. The van der Waals surface area contributed by atoms with E-state index in [-0.39, 0.29) is 11.4 Å². The summed E-state index contributed by atoms with van der Waals surface area (Å²) in [6.07, 6.45) is 0. The van der Waals surface area contributed by atoms with Crippen LogP contribution >= 0.6 is 0 Å². The predicted octanol–water partition coefficient (Wildman–Crippen LogP) is 1.09. The van der Waals surface area contributed by atoms with E-state index in [2.05, 4.69) is 0 Å². The molecule has 0 saturated heterocycles. The molecular formula is C12H19NO4S. The molecule has 102 valence electrons. The van der Waals surface area contributed by atoms with Crippen LogP contribution in [-0.2, 0) is 10.0 Å². The van der Waals surface area contributed by atoms with E-state index in [0.29, 0.717) is 5.75 Å². The molecule has 0 heterocycles. The average molecular weight is 273 g/mol. The van der Waals surface area contributed by atoms with Gasteiger partial charge in [-0.05, 0) is 26.0 Å². The van der Waals surface area contributed by atoms with Gasteiger partial charge in [0.05, 0.1) is 12.7 Å². The maximum absolute atomic E-state index is 12.3. The first-order valence-electron chi connectivity index (χ1n) is 5.50. The first-order chi connectivity index (χ1) is 8.18. The molecule has 0 spiro atoms. The van der Waals surface area contributed by atoms with Gasteiger partial charge in [-0.1, -0.05) is 12.1 Å². The van der Waals surface area contributed by atoms with Crippen LogP contribution in [0, 0.1) is 0 Å². The number of hydrogen-bond donors (Lipinski definition) is 1. The molecule has 0 radical (unpaired) electrons. The molecule has 0 aliphatic heterocycles. The standard InChI is InChI=1S/C12H19NO4S/c1-12(2,14)9-13(3)18(15,16)11-8-6-5-7-10(11)17-4/h5-8,14H,9H2,1-4H3. The molecule has 0 aromatic heterocycles. The molecule has 1 N–H and O–H groups in total. The van der Waals surface area contributed by atoms with Crippen LogP contribution in [-0.4, -0.2) is 44.1 Å². The number of methoxy groups -OCH3 is 1. The Labute approximate surface area is 108 Å². The highest BCUT2D eigenvalue weighted by Gasteiger charge is 2.28. The highest BCUT2D eigenvalue weighted by molar-refractivity contribution is 7.89. The molecule has 1 aromatic rings. The fourth-order valence-electron chi connectivity index (χ4n) is 1.63. The fraction of sp³-hybridized carbons (Fsp3) is 0.500. The highest BCUT2D eigenvalue weighted by atomic mass is 32.2. The van der Waals surface area contributed by atoms with E-state index in [1.54, 1.807) is 32.0 Å². The zero-order chi connectivity index (χ0) is 14.0. The maximum atomic E-state index is 12.3. The smallest absolute Gasteiger partial charge is 0.246 e. The van der Waals surface area contributed by atoms with Crippen LogP contribution in [0.5, 0.6) is 5.75 Å². The summed E-state index contributed by atoms with van der Waals surface area (Å²) in [5.74, 6) is 0.292. The Bertz CT molecular complexity index is 505. The van der Waals surface area contributed by atoms with Crippen molar-refractivity contribution < 1.29 is 18.3 Å². The molecule has 0 atom stereocenters. The Balaban J connectivity index is 3.14. The van der Waals surface area contributed by atoms with Gasteiger partial charge in [0.25, 0.3) is 0 Å². The normalized spacial score (nSPS) is 12.8.